The van der Waals surface area contributed by atoms with Gasteiger partial charge >= 0.3 is 0 Å². The van der Waals surface area contributed by atoms with Gasteiger partial charge in [0.2, 0.25) is 0 Å². The van der Waals surface area contributed by atoms with Crippen LogP contribution in [-0.2, 0) is 4.79 Å². The molecule has 0 saturated heterocycles. The number of hydrogen-bond donors (Lipinski definition) is 2. The highest BCUT2D eigenvalue weighted by atomic mass is 35.5. The van der Waals surface area contributed by atoms with E-state index < -0.39 is 17.5 Å². The first-order valence-corrected chi connectivity index (χ1v) is 8.24. The Balaban J connectivity index is 1.55. The molecule has 0 fully saturated rings. The zero-order valence-corrected chi connectivity index (χ0v) is 14.6. The van der Waals surface area contributed by atoms with Crippen LogP contribution in [0.2, 0.25) is 5.02 Å². The van der Waals surface area contributed by atoms with Crippen molar-refractivity contribution in [3.8, 4) is 5.75 Å². The van der Waals surface area contributed by atoms with Crippen molar-refractivity contribution < 1.29 is 18.3 Å². The molecular formula is C19H14ClF2N3O2. The van der Waals surface area contributed by atoms with Gasteiger partial charge in [-0.05, 0) is 48.5 Å². The standard InChI is InChI=1S/C19H14ClF2N3O2/c20-12-4-7-14(8-5-12)27-11-18(26)25-17-9-6-13(10-23-17)24-19-15(21)2-1-3-16(19)22/h1-10,24H,11H2,(H,23,25,26). The molecule has 0 bridgehead atoms. The van der Waals surface area contributed by atoms with E-state index in [-0.39, 0.29) is 18.1 Å². The molecule has 2 N–H and O–H groups in total. The van der Waals surface area contributed by atoms with Gasteiger partial charge in [0, 0.05) is 5.02 Å². The SMILES string of the molecule is O=C(COc1ccc(Cl)cc1)Nc1ccc(Nc2c(F)cccc2F)cn1. The number of ether oxygens (including phenoxy) is 1. The van der Waals surface area contributed by atoms with Crippen LogP contribution < -0.4 is 15.4 Å². The topological polar surface area (TPSA) is 63.2 Å². The summed E-state index contributed by atoms with van der Waals surface area (Å²) in [4.78, 5) is 15.9. The van der Waals surface area contributed by atoms with Gasteiger partial charge in [-0.25, -0.2) is 13.8 Å². The molecule has 0 saturated carbocycles. The lowest BCUT2D eigenvalue weighted by Gasteiger charge is -2.10. The van der Waals surface area contributed by atoms with Crippen LogP contribution >= 0.6 is 11.6 Å². The molecule has 0 aliphatic carbocycles. The van der Waals surface area contributed by atoms with Gasteiger partial charge in [-0.2, -0.15) is 0 Å². The first kappa shape index (κ1) is 18.6. The second-order valence-electron chi connectivity index (χ2n) is 5.44. The molecular weight excluding hydrogens is 376 g/mol. The van der Waals surface area contributed by atoms with Crippen LogP contribution in [-0.4, -0.2) is 17.5 Å². The molecule has 3 aromatic rings. The quantitative estimate of drug-likeness (QED) is 0.637. The number of carbonyl (C=O) groups excluding carboxylic acids is 1. The number of benzene rings is 2. The maximum Gasteiger partial charge on any atom is 0.263 e. The summed E-state index contributed by atoms with van der Waals surface area (Å²) >= 11 is 5.77. The minimum Gasteiger partial charge on any atom is -0.484 e. The first-order chi connectivity index (χ1) is 13.0. The molecule has 1 amide bonds. The van der Waals surface area contributed by atoms with Gasteiger partial charge in [-0.1, -0.05) is 17.7 Å². The van der Waals surface area contributed by atoms with Crippen LogP contribution in [0.5, 0.6) is 5.75 Å². The summed E-state index contributed by atoms with van der Waals surface area (Å²) in [6.45, 7) is -0.205. The molecule has 5 nitrogen and oxygen atoms in total. The fourth-order valence-electron chi connectivity index (χ4n) is 2.16. The van der Waals surface area contributed by atoms with Crippen molar-refractivity contribution in [3.63, 3.8) is 0 Å². The molecule has 2 aromatic carbocycles. The third-order valence-electron chi connectivity index (χ3n) is 3.45. The van der Waals surface area contributed by atoms with E-state index in [1.165, 1.54) is 24.4 Å². The molecule has 27 heavy (non-hydrogen) atoms. The zero-order chi connectivity index (χ0) is 19.2. The average Bonchev–Trinajstić information content (AvgIpc) is 2.66. The summed E-state index contributed by atoms with van der Waals surface area (Å²) in [5, 5.41) is 5.74. The van der Waals surface area contributed by atoms with E-state index in [9.17, 15) is 13.6 Å². The van der Waals surface area contributed by atoms with Crippen molar-refractivity contribution in [2.45, 2.75) is 0 Å². The lowest BCUT2D eigenvalue weighted by Crippen LogP contribution is -2.20. The molecule has 0 aliphatic heterocycles. The van der Waals surface area contributed by atoms with E-state index in [1.54, 1.807) is 24.3 Å². The fraction of sp³-hybridized carbons (Fsp3) is 0.0526. The summed E-state index contributed by atoms with van der Waals surface area (Å²) in [5.74, 6) is -1.05. The number of para-hydroxylation sites is 1. The average molecular weight is 390 g/mol. The number of rotatable bonds is 6. The normalized spacial score (nSPS) is 10.3. The second-order valence-corrected chi connectivity index (χ2v) is 5.88. The van der Waals surface area contributed by atoms with Gasteiger partial charge in [-0.15, -0.1) is 0 Å². The summed E-state index contributed by atoms with van der Waals surface area (Å²) in [5.41, 5.74) is 0.0989. The van der Waals surface area contributed by atoms with Gasteiger partial charge in [0.25, 0.3) is 5.91 Å². The molecule has 1 heterocycles. The molecule has 0 aliphatic rings. The molecule has 0 atom stereocenters. The number of halogens is 3. The summed E-state index contributed by atoms with van der Waals surface area (Å²) in [7, 11) is 0. The predicted octanol–water partition coefficient (Wildman–Crippen LogP) is 4.77. The van der Waals surface area contributed by atoms with E-state index >= 15 is 0 Å². The third kappa shape index (κ3) is 5.15. The van der Waals surface area contributed by atoms with E-state index in [2.05, 4.69) is 15.6 Å². The van der Waals surface area contributed by atoms with Gasteiger partial charge in [0.05, 0.1) is 11.9 Å². The van der Waals surface area contributed by atoms with Crippen molar-refractivity contribution in [1.82, 2.24) is 4.98 Å². The Morgan fingerprint density at radius 2 is 1.74 bits per heavy atom. The lowest BCUT2D eigenvalue weighted by molar-refractivity contribution is -0.118. The van der Waals surface area contributed by atoms with Crippen LogP contribution in [0.3, 0.4) is 0 Å². The van der Waals surface area contributed by atoms with Gasteiger partial charge < -0.3 is 15.4 Å². The number of carbonyl (C=O) groups is 1. The number of anilines is 3. The minimum atomic E-state index is -0.716. The van der Waals surface area contributed by atoms with Crippen molar-refractivity contribution >= 4 is 34.7 Å². The van der Waals surface area contributed by atoms with E-state index in [0.717, 1.165) is 12.1 Å². The first-order valence-electron chi connectivity index (χ1n) is 7.86. The molecule has 3 rings (SSSR count). The van der Waals surface area contributed by atoms with Crippen molar-refractivity contribution in [3.05, 3.63) is 77.5 Å². The molecule has 1 aromatic heterocycles. The minimum absolute atomic E-state index is 0.205. The number of nitrogens with one attached hydrogen (secondary N) is 2. The van der Waals surface area contributed by atoms with E-state index in [4.69, 9.17) is 16.3 Å². The van der Waals surface area contributed by atoms with Crippen LogP contribution in [0, 0.1) is 11.6 Å². The summed E-state index contributed by atoms with van der Waals surface area (Å²) < 4.78 is 32.6. The van der Waals surface area contributed by atoms with Gasteiger partial charge in [0.1, 0.15) is 28.9 Å². The zero-order valence-electron chi connectivity index (χ0n) is 13.9. The van der Waals surface area contributed by atoms with Gasteiger partial charge in [0.15, 0.2) is 6.61 Å². The van der Waals surface area contributed by atoms with Gasteiger partial charge in [-0.3, -0.25) is 4.79 Å². The number of nitrogens with zero attached hydrogens (tertiary/aromatic N) is 1. The Kier molecular flexibility index (Phi) is 5.83. The van der Waals surface area contributed by atoms with Crippen molar-refractivity contribution in [1.29, 1.82) is 0 Å². The Labute approximate surface area is 159 Å². The molecule has 138 valence electrons. The van der Waals surface area contributed by atoms with Crippen LogP contribution in [0.25, 0.3) is 0 Å². The number of hydrogen-bond acceptors (Lipinski definition) is 4. The maximum atomic E-state index is 13.6. The fourth-order valence-corrected chi connectivity index (χ4v) is 2.29. The molecule has 0 radical (unpaired) electrons. The highest BCUT2D eigenvalue weighted by Gasteiger charge is 2.09. The van der Waals surface area contributed by atoms with Crippen LogP contribution in [0.1, 0.15) is 0 Å². The summed E-state index contributed by atoms with van der Waals surface area (Å²) in [6.07, 6.45) is 1.35. The summed E-state index contributed by atoms with van der Waals surface area (Å²) in [6, 6.07) is 13.2. The molecule has 8 heteroatoms. The Hall–Kier alpha value is -3.19. The monoisotopic (exact) mass is 389 g/mol. The number of amides is 1. The highest BCUT2D eigenvalue weighted by Crippen LogP contribution is 2.23. The third-order valence-corrected chi connectivity index (χ3v) is 3.70. The largest absolute Gasteiger partial charge is 0.484 e. The lowest BCUT2D eigenvalue weighted by atomic mass is 10.2. The Bertz CT molecular complexity index is 914. The highest BCUT2D eigenvalue weighted by molar-refractivity contribution is 6.30. The maximum absolute atomic E-state index is 13.6. The van der Waals surface area contributed by atoms with Crippen molar-refractivity contribution in [2.24, 2.45) is 0 Å². The van der Waals surface area contributed by atoms with Crippen LogP contribution in [0.15, 0.2) is 60.8 Å². The van der Waals surface area contributed by atoms with Crippen molar-refractivity contribution in [2.75, 3.05) is 17.2 Å². The smallest absolute Gasteiger partial charge is 0.263 e. The number of aromatic nitrogens is 1. The number of pyridine rings is 1. The Morgan fingerprint density at radius 1 is 1.04 bits per heavy atom. The van der Waals surface area contributed by atoms with E-state index in [0.29, 0.717) is 16.5 Å². The predicted molar refractivity (Wildman–Crippen MR) is 99.5 cm³/mol. The van der Waals surface area contributed by atoms with E-state index in [1.807, 2.05) is 0 Å². The van der Waals surface area contributed by atoms with Crippen LogP contribution in [0.4, 0.5) is 26.0 Å². The molecule has 0 spiro atoms. The Morgan fingerprint density at radius 3 is 2.37 bits per heavy atom. The second kappa shape index (κ2) is 8.46. The molecule has 0 unspecified atom stereocenters.